The summed E-state index contributed by atoms with van der Waals surface area (Å²) in [6, 6.07) is 15.4. The third kappa shape index (κ3) is 5.66. The number of nitrogens with zero attached hydrogens (tertiary/aromatic N) is 1. The minimum Gasteiger partial charge on any atom is -0.468 e. The van der Waals surface area contributed by atoms with E-state index in [2.05, 4.69) is 22.0 Å². The Balaban J connectivity index is 1.59. The lowest BCUT2D eigenvalue weighted by atomic mass is 9.85. The Morgan fingerprint density at radius 1 is 1.08 bits per heavy atom. The van der Waals surface area contributed by atoms with Crippen LogP contribution in [0.15, 0.2) is 81.1 Å². The highest BCUT2D eigenvalue weighted by atomic mass is 32.2. The van der Waals surface area contributed by atoms with Gasteiger partial charge in [-0.25, -0.2) is 4.39 Å². The number of nitriles is 1. The number of carbonyl (C=O) groups is 2. The normalized spacial score (nSPS) is 15.1. The van der Waals surface area contributed by atoms with Crippen LogP contribution in [0.2, 0.25) is 0 Å². The van der Waals surface area contributed by atoms with Gasteiger partial charge in [0.1, 0.15) is 11.6 Å². The van der Waals surface area contributed by atoms with Crippen LogP contribution in [-0.2, 0) is 9.59 Å². The van der Waals surface area contributed by atoms with Gasteiger partial charge in [0.15, 0.2) is 0 Å². The molecule has 38 heavy (non-hydrogen) atoms. The summed E-state index contributed by atoms with van der Waals surface area (Å²) >= 11 is 1.16. The van der Waals surface area contributed by atoms with Crippen LogP contribution in [0.5, 0.6) is 0 Å². The van der Waals surface area contributed by atoms with E-state index in [0.29, 0.717) is 16.5 Å². The maximum absolute atomic E-state index is 14.2. The molecule has 194 valence electrons. The summed E-state index contributed by atoms with van der Waals surface area (Å²) in [6.45, 7) is 7.58. The third-order valence-corrected chi connectivity index (χ3v) is 7.15. The van der Waals surface area contributed by atoms with Crippen molar-refractivity contribution in [2.45, 2.75) is 33.6 Å². The number of nitrogens with one attached hydrogen (secondary N) is 3. The van der Waals surface area contributed by atoms with E-state index in [9.17, 15) is 19.2 Å². The fourth-order valence-electron chi connectivity index (χ4n) is 4.51. The molecule has 0 spiro atoms. The number of hydrogen-bond donors (Lipinski definition) is 3. The molecule has 1 aromatic heterocycles. The van der Waals surface area contributed by atoms with Gasteiger partial charge in [-0.3, -0.25) is 9.59 Å². The monoisotopic (exact) mass is 530 g/mol. The summed E-state index contributed by atoms with van der Waals surface area (Å²) < 4.78 is 19.8. The van der Waals surface area contributed by atoms with Crippen molar-refractivity contribution in [3.63, 3.8) is 0 Å². The lowest BCUT2D eigenvalue weighted by Crippen LogP contribution is -2.31. The van der Waals surface area contributed by atoms with Gasteiger partial charge in [-0.2, -0.15) is 5.26 Å². The smallest absolute Gasteiger partial charge is 0.254 e. The van der Waals surface area contributed by atoms with Crippen molar-refractivity contribution < 1.29 is 18.4 Å². The predicted molar refractivity (Wildman–Crippen MR) is 147 cm³/mol. The lowest BCUT2D eigenvalue weighted by molar-refractivity contribution is -0.114. The van der Waals surface area contributed by atoms with Gasteiger partial charge in [-0.15, -0.1) is 0 Å². The lowest BCUT2D eigenvalue weighted by Gasteiger charge is -2.28. The molecule has 1 unspecified atom stereocenters. The highest BCUT2D eigenvalue weighted by Gasteiger charge is 2.36. The van der Waals surface area contributed by atoms with Crippen molar-refractivity contribution in [2.24, 2.45) is 0 Å². The van der Waals surface area contributed by atoms with Gasteiger partial charge >= 0.3 is 0 Å². The summed E-state index contributed by atoms with van der Waals surface area (Å²) in [5.74, 6) is -1.79. The highest BCUT2D eigenvalue weighted by Crippen LogP contribution is 2.41. The number of carbonyl (C=O) groups excluding carboxylic acids is 2. The molecule has 0 saturated carbocycles. The van der Waals surface area contributed by atoms with Crippen molar-refractivity contribution in [3.8, 4) is 6.07 Å². The van der Waals surface area contributed by atoms with Gasteiger partial charge in [0.25, 0.3) is 5.91 Å². The summed E-state index contributed by atoms with van der Waals surface area (Å²) in [7, 11) is 0. The van der Waals surface area contributed by atoms with E-state index in [-0.39, 0.29) is 28.5 Å². The molecule has 1 aliphatic rings. The molecule has 9 heteroatoms. The molecule has 3 N–H and O–H groups in total. The number of rotatable bonds is 7. The molecule has 2 amide bonds. The minimum absolute atomic E-state index is 0.0250. The number of para-hydroxylation sites is 1. The Morgan fingerprint density at radius 2 is 1.79 bits per heavy atom. The molecule has 1 aliphatic heterocycles. The summed E-state index contributed by atoms with van der Waals surface area (Å²) in [5, 5.41) is 19.3. The Bertz CT molecular complexity index is 1480. The molecule has 0 radical (unpaired) electrons. The van der Waals surface area contributed by atoms with Crippen LogP contribution in [0, 0.1) is 37.9 Å². The molecule has 2 heterocycles. The fraction of sp³-hybridized carbons (Fsp3) is 0.207. The average molecular weight is 531 g/mol. The van der Waals surface area contributed by atoms with Crippen molar-refractivity contribution in [3.05, 3.63) is 105 Å². The Labute approximate surface area is 224 Å². The number of benzene rings is 2. The first-order chi connectivity index (χ1) is 18.2. The van der Waals surface area contributed by atoms with Gasteiger partial charge in [0.2, 0.25) is 5.91 Å². The molecule has 1 atom stereocenters. The van der Waals surface area contributed by atoms with Gasteiger partial charge in [0, 0.05) is 11.4 Å². The average Bonchev–Trinajstić information content (AvgIpc) is 3.40. The molecular weight excluding hydrogens is 503 g/mol. The Kier molecular flexibility index (Phi) is 8.03. The third-order valence-electron chi connectivity index (χ3n) is 6.13. The predicted octanol–water partition coefficient (Wildman–Crippen LogP) is 6.05. The van der Waals surface area contributed by atoms with Crippen LogP contribution in [0.4, 0.5) is 15.8 Å². The van der Waals surface area contributed by atoms with E-state index in [4.69, 9.17) is 4.42 Å². The van der Waals surface area contributed by atoms with E-state index >= 15 is 0 Å². The zero-order chi connectivity index (χ0) is 27.4. The van der Waals surface area contributed by atoms with E-state index in [1.165, 1.54) is 24.5 Å². The number of hydrogen-bond acceptors (Lipinski definition) is 6. The Morgan fingerprint density at radius 3 is 2.42 bits per heavy atom. The number of halogens is 1. The Hall–Kier alpha value is -4.29. The number of allylic oxidation sites excluding steroid dienone is 2. The number of anilines is 2. The molecule has 2 aromatic carbocycles. The second kappa shape index (κ2) is 11.4. The van der Waals surface area contributed by atoms with Crippen molar-refractivity contribution >= 4 is 35.0 Å². The number of aryl methyl sites for hydroxylation is 3. The van der Waals surface area contributed by atoms with E-state index in [0.717, 1.165) is 34.1 Å². The SMILES string of the molecule is CC1=C(C(=O)Nc2ccccc2F)C(c2ccco2)C(C#N)=C(SCC(=O)Nc2c(C)cc(C)cc2C)N1. The van der Waals surface area contributed by atoms with Crippen molar-refractivity contribution in [1.82, 2.24) is 5.32 Å². The van der Waals surface area contributed by atoms with Crippen molar-refractivity contribution in [2.75, 3.05) is 16.4 Å². The number of furan rings is 1. The van der Waals surface area contributed by atoms with Crippen LogP contribution in [0.25, 0.3) is 0 Å². The zero-order valence-electron chi connectivity index (χ0n) is 21.4. The van der Waals surface area contributed by atoms with E-state index in [1.54, 1.807) is 25.1 Å². The summed E-state index contributed by atoms with van der Waals surface area (Å²) in [5.41, 5.74) is 4.76. The highest BCUT2D eigenvalue weighted by molar-refractivity contribution is 8.03. The minimum atomic E-state index is -0.838. The number of dihydropyridines is 1. The summed E-state index contributed by atoms with van der Waals surface area (Å²) in [4.78, 5) is 26.2. The fourth-order valence-corrected chi connectivity index (χ4v) is 5.40. The molecule has 3 aromatic rings. The molecule has 0 bridgehead atoms. The number of thioether (sulfide) groups is 1. The first-order valence-corrected chi connectivity index (χ1v) is 12.9. The molecular formula is C29H27FN4O3S. The molecule has 0 saturated heterocycles. The quantitative estimate of drug-likeness (QED) is 0.343. The van der Waals surface area contributed by atoms with Gasteiger partial charge in [-0.05, 0) is 63.1 Å². The van der Waals surface area contributed by atoms with Crippen LogP contribution in [0.1, 0.15) is 35.3 Å². The summed E-state index contributed by atoms with van der Waals surface area (Å²) in [6.07, 6.45) is 1.46. The number of amides is 2. The van der Waals surface area contributed by atoms with Gasteiger partial charge in [0.05, 0.1) is 45.9 Å². The zero-order valence-corrected chi connectivity index (χ0v) is 22.3. The topological polar surface area (TPSA) is 107 Å². The first-order valence-electron chi connectivity index (χ1n) is 11.9. The maximum Gasteiger partial charge on any atom is 0.254 e. The van der Waals surface area contributed by atoms with Crippen LogP contribution < -0.4 is 16.0 Å². The van der Waals surface area contributed by atoms with Crippen LogP contribution in [-0.4, -0.2) is 17.6 Å². The second-order valence-corrected chi connectivity index (χ2v) is 10.00. The molecule has 4 rings (SSSR count). The first kappa shape index (κ1) is 26.8. The van der Waals surface area contributed by atoms with Crippen molar-refractivity contribution in [1.29, 1.82) is 5.26 Å². The maximum atomic E-state index is 14.2. The van der Waals surface area contributed by atoms with Crippen LogP contribution in [0.3, 0.4) is 0 Å². The molecule has 0 aliphatic carbocycles. The van der Waals surface area contributed by atoms with Gasteiger partial charge < -0.3 is 20.4 Å². The molecule has 7 nitrogen and oxygen atoms in total. The van der Waals surface area contributed by atoms with Crippen LogP contribution >= 0.6 is 11.8 Å². The molecule has 0 fully saturated rings. The van der Waals surface area contributed by atoms with E-state index in [1.807, 2.05) is 32.9 Å². The van der Waals surface area contributed by atoms with E-state index < -0.39 is 17.6 Å². The second-order valence-electron chi connectivity index (χ2n) is 9.01. The van der Waals surface area contributed by atoms with Gasteiger partial charge in [-0.1, -0.05) is 41.6 Å². The largest absolute Gasteiger partial charge is 0.468 e. The standard InChI is InChI=1S/C29H27FN4O3S/c1-16-12-17(2)27(18(3)13-16)34-24(35)15-38-29-20(14-31)26(23-10-7-11-37-23)25(19(4)32-29)28(36)33-22-9-6-5-8-21(22)30/h5-13,26,32H,15H2,1-4H3,(H,33,36)(H,34,35).